The van der Waals surface area contributed by atoms with Crippen molar-refractivity contribution < 1.29 is 24.5 Å². The summed E-state index contributed by atoms with van der Waals surface area (Å²) in [6.07, 6.45) is 3.18. The molecule has 3 N–H and O–H groups in total. The molecule has 8 nitrogen and oxygen atoms in total. The number of hydrogen-bond donors (Lipinski definition) is 3. The Labute approximate surface area is 267 Å². The third-order valence-corrected chi connectivity index (χ3v) is 9.63. The van der Waals surface area contributed by atoms with E-state index in [1.807, 2.05) is 11.9 Å². The second kappa shape index (κ2) is 9.69. The summed E-state index contributed by atoms with van der Waals surface area (Å²) in [5.74, 6) is -1.63. The highest BCUT2D eigenvalue weighted by Crippen LogP contribution is 2.76. The molecule has 17 radical (unpaired) electrons. The number of aromatic nitrogens is 1. The number of imide groups is 1. The van der Waals surface area contributed by atoms with Crippen LogP contribution in [0.25, 0.3) is 10.9 Å². The summed E-state index contributed by atoms with van der Waals surface area (Å²) in [5.41, 5.74) is -3.41. The highest BCUT2D eigenvalue weighted by Gasteiger charge is 2.73. The normalized spacial score (nSPS) is 29.4. The lowest BCUT2D eigenvalue weighted by Crippen LogP contribution is -2.79. The Bertz CT molecular complexity index is 1660. The summed E-state index contributed by atoms with van der Waals surface area (Å²) in [6, 6.07) is 10.3. The Morgan fingerprint density at radius 1 is 0.977 bits per heavy atom. The number of nitrogens with zero attached hydrogens (tertiary/aromatic N) is 2. The van der Waals surface area contributed by atoms with Gasteiger partial charge in [0.05, 0.1) is 63.7 Å². The maximum absolute atomic E-state index is 13.2. The van der Waals surface area contributed by atoms with E-state index in [0.717, 1.165) is 20.2 Å². The van der Waals surface area contributed by atoms with Crippen LogP contribution in [0.4, 0.5) is 0 Å². The Morgan fingerprint density at radius 2 is 1.59 bits per heavy atom. The maximum Gasteiger partial charge on any atom is 0.260 e. The summed E-state index contributed by atoms with van der Waals surface area (Å²) in [6.45, 7) is 0.790. The lowest BCUT2D eigenvalue weighted by molar-refractivity contribution is -0.0916. The zero-order valence-electron chi connectivity index (χ0n) is 24.0. The minimum atomic E-state index is -2.84. The van der Waals surface area contributed by atoms with E-state index in [1.54, 1.807) is 24.4 Å². The van der Waals surface area contributed by atoms with Crippen molar-refractivity contribution in [3.63, 3.8) is 0 Å². The van der Waals surface area contributed by atoms with E-state index >= 15 is 0 Å². The van der Waals surface area contributed by atoms with Gasteiger partial charge in [-0.25, -0.2) is 0 Å². The molecule has 44 heavy (non-hydrogen) atoms. The number of benzene rings is 2. The van der Waals surface area contributed by atoms with Gasteiger partial charge < -0.3 is 24.8 Å². The first-order valence-electron chi connectivity index (χ1n) is 13.9. The second-order valence-electron chi connectivity index (χ2n) is 12.2. The van der Waals surface area contributed by atoms with Gasteiger partial charge in [-0.3, -0.25) is 14.5 Å². The molecule has 2 saturated heterocycles. The molecule has 17 heteroatoms. The molecule has 6 rings (SSSR count). The molecular weight excluding hydrogens is 544 g/mol. The summed E-state index contributed by atoms with van der Waals surface area (Å²) < 4.78 is 5.75. The molecule has 5 atom stereocenters. The van der Waals surface area contributed by atoms with Gasteiger partial charge in [-0.05, 0) is 67.3 Å². The van der Waals surface area contributed by atoms with Crippen molar-refractivity contribution in [1.29, 1.82) is 0 Å². The zero-order chi connectivity index (χ0) is 32.3. The summed E-state index contributed by atoms with van der Waals surface area (Å²) in [7, 11) is 54.1. The summed E-state index contributed by atoms with van der Waals surface area (Å²) in [5, 5.41) is 13.7. The van der Waals surface area contributed by atoms with E-state index in [4.69, 9.17) is 67.5 Å². The molecule has 4 heterocycles. The van der Waals surface area contributed by atoms with Crippen molar-refractivity contribution in [3.8, 4) is 5.75 Å². The van der Waals surface area contributed by atoms with Crippen LogP contribution in [0.3, 0.4) is 0 Å². The SMILES string of the molecule is [B]C(O)(c1c[nH]c2ccc(OC([B])(O)C3([B])[B]C([B])(C([B])([B])N4C(=O)c5ccccc5C4=O)C3([B])[B])cc12)C1CCCN1C. The molecule has 0 saturated carbocycles. The molecular formula is C27H21B9N3O5. The number of H-pyrrole nitrogens is 1. The predicted molar refractivity (Wildman–Crippen MR) is 173 cm³/mol. The number of likely N-dealkylation sites (N-methyl/N-ethyl adjacent to an activating group) is 1. The van der Waals surface area contributed by atoms with Gasteiger partial charge in [0.25, 0.3) is 11.8 Å². The van der Waals surface area contributed by atoms with E-state index in [0.29, 0.717) is 27.8 Å². The minimum absolute atomic E-state index is 0.00887. The van der Waals surface area contributed by atoms with Gasteiger partial charge in [0, 0.05) is 28.7 Å². The maximum atomic E-state index is 13.2. The van der Waals surface area contributed by atoms with Crippen LogP contribution >= 0.6 is 0 Å². The Balaban J connectivity index is 1.29. The number of amides is 2. The average molecular weight is 565 g/mol. The smallest absolute Gasteiger partial charge is 0.260 e. The Morgan fingerprint density at radius 3 is 2.14 bits per heavy atom. The number of carbonyl (C=O) groups excluding carboxylic acids is 2. The second-order valence-corrected chi connectivity index (χ2v) is 12.2. The van der Waals surface area contributed by atoms with Crippen LogP contribution in [0.15, 0.2) is 48.7 Å². The number of carbonyl (C=O) groups is 2. The number of nitrogens with one attached hydrogen (secondary N) is 1. The summed E-state index contributed by atoms with van der Waals surface area (Å²) >= 11 is 0. The fourth-order valence-corrected chi connectivity index (χ4v) is 6.82. The van der Waals surface area contributed by atoms with Gasteiger partial charge in [-0.15, -0.1) is 5.21 Å². The molecule has 2 amide bonds. The number of ether oxygens (including phenoxy) is 1. The van der Waals surface area contributed by atoms with Crippen molar-refractivity contribution in [2.75, 3.05) is 13.6 Å². The lowest BCUT2D eigenvalue weighted by Gasteiger charge is -2.78. The highest BCUT2D eigenvalue weighted by atomic mass is 16.6. The summed E-state index contributed by atoms with van der Waals surface area (Å²) in [4.78, 5) is 31.9. The molecule has 0 aliphatic carbocycles. The van der Waals surface area contributed by atoms with E-state index in [9.17, 15) is 19.8 Å². The lowest BCUT2D eigenvalue weighted by atomic mass is 8.93. The van der Waals surface area contributed by atoms with Gasteiger partial charge in [-0.1, -0.05) is 17.3 Å². The van der Waals surface area contributed by atoms with Crippen LogP contribution < -0.4 is 4.74 Å². The number of hydrogen-bond acceptors (Lipinski definition) is 6. The van der Waals surface area contributed by atoms with Crippen LogP contribution in [0, 0.1) is 0 Å². The standard InChI is InChI=1S/C27H21B9N3O5/c1-38-10-4-7-19(38)22(28,42)17-12-37-18-9-8-13(11-16(17)18)44-27(35,43)25(32)23(29,30)24(31,36-25)26(33,34)39-20(40)14-5-2-3-6-15(14)21(39)41/h2-3,5-6,8-9,11-12,19,37,42-43H,4,7,10H2,1H3. The van der Waals surface area contributed by atoms with Crippen molar-refractivity contribution in [1.82, 2.24) is 14.8 Å². The topological polar surface area (TPSA) is 106 Å². The van der Waals surface area contributed by atoms with Gasteiger partial charge in [0.15, 0.2) is 7.85 Å². The molecule has 2 aromatic carbocycles. The highest BCUT2D eigenvalue weighted by molar-refractivity contribution is 6.83. The van der Waals surface area contributed by atoms with E-state index in [2.05, 4.69) is 4.98 Å². The third-order valence-electron chi connectivity index (χ3n) is 9.63. The Hall–Kier alpha value is -2.62. The quantitative estimate of drug-likeness (QED) is 0.189. The van der Waals surface area contributed by atoms with Gasteiger partial charge in [-0.2, -0.15) is 0 Å². The fraction of sp³-hybridized carbons (Fsp3) is 0.407. The monoisotopic (exact) mass is 566 g/mol. The minimum Gasteiger partial charge on any atom is -0.473 e. The number of likely N-dealkylation sites (tertiary alicyclic amines) is 1. The first-order valence-corrected chi connectivity index (χ1v) is 13.9. The molecule has 3 aliphatic heterocycles. The third kappa shape index (κ3) is 3.94. The van der Waals surface area contributed by atoms with Gasteiger partial charge in [0.2, 0.25) is 0 Å². The molecule has 5 unspecified atom stereocenters. The van der Waals surface area contributed by atoms with Crippen molar-refractivity contribution in [3.05, 3.63) is 65.4 Å². The van der Waals surface area contributed by atoms with E-state index in [1.165, 1.54) is 24.3 Å². The van der Waals surface area contributed by atoms with Crippen molar-refractivity contribution >= 4 is 92.8 Å². The fourth-order valence-electron chi connectivity index (χ4n) is 6.82. The van der Waals surface area contributed by atoms with Crippen LogP contribution in [-0.4, -0.2) is 138 Å². The first kappa shape index (κ1) is 31.4. The number of aromatic amines is 1. The number of rotatable bonds is 7. The number of fused-ring (bicyclic) bond motifs is 2. The number of aliphatic hydroxyl groups is 2. The van der Waals surface area contributed by atoms with Crippen LogP contribution in [-0.2, 0) is 5.50 Å². The van der Waals surface area contributed by atoms with Gasteiger partial charge >= 0.3 is 0 Å². The van der Waals surface area contributed by atoms with Gasteiger partial charge in [0.1, 0.15) is 26.6 Å². The molecule has 3 aromatic rings. The largest absolute Gasteiger partial charge is 0.473 e. The molecule has 0 bridgehead atoms. The first-order chi connectivity index (χ1) is 20.3. The Kier molecular flexibility index (Phi) is 6.91. The van der Waals surface area contributed by atoms with Crippen LogP contribution in [0.1, 0.15) is 39.1 Å². The molecule has 3 aliphatic rings. The van der Waals surface area contributed by atoms with Crippen molar-refractivity contribution in [2.24, 2.45) is 0 Å². The van der Waals surface area contributed by atoms with E-state index in [-0.39, 0.29) is 22.9 Å². The molecule has 2 fully saturated rings. The van der Waals surface area contributed by atoms with Crippen LogP contribution in [0.2, 0.25) is 15.6 Å². The average Bonchev–Trinajstić information content (AvgIpc) is 3.64. The molecule has 0 spiro atoms. The zero-order valence-corrected chi connectivity index (χ0v) is 24.0. The molecule has 201 valence electrons. The van der Waals surface area contributed by atoms with E-state index < -0.39 is 44.0 Å². The molecule has 1 aromatic heterocycles. The predicted octanol–water partition coefficient (Wildman–Crippen LogP) is -1.20. The van der Waals surface area contributed by atoms with Crippen LogP contribution in [0.5, 0.6) is 5.75 Å². The van der Waals surface area contributed by atoms with Crippen molar-refractivity contribution in [2.45, 2.75) is 51.0 Å².